The third-order valence-electron chi connectivity index (χ3n) is 4.75. The lowest BCUT2D eigenvalue weighted by Gasteiger charge is -2.36. The summed E-state index contributed by atoms with van der Waals surface area (Å²) in [6, 6.07) is 4.18. The number of rotatable bonds is 5. The molecule has 1 aromatic rings. The van der Waals surface area contributed by atoms with E-state index in [1.807, 2.05) is 0 Å². The Balaban J connectivity index is 1.62. The van der Waals surface area contributed by atoms with Crippen molar-refractivity contribution >= 4 is 15.9 Å². The zero-order chi connectivity index (χ0) is 14.9. The molecule has 0 unspecified atom stereocenters. The van der Waals surface area contributed by atoms with Crippen molar-refractivity contribution < 1.29 is 9.47 Å². The summed E-state index contributed by atoms with van der Waals surface area (Å²) in [5, 5.41) is 3.63. The molecule has 1 N–H and O–H groups in total. The summed E-state index contributed by atoms with van der Waals surface area (Å²) in [5.74, 6) is 1.66. The number of halogens is 1. The summed E-state index contributed by atoms with van der Waals surface area (Å²) in [5.41, 5.74) is 1.55. The maximum Gasteiger partial charge on any atom is 0.231 e. The van der Waals surface area contributed by atoms with Crippen LogP contribution in [0.4, 0.5) is 0 Å². The fourth-order valence-corrected chi connectivity index (χ4v) is 3.98. The summed E-state index contributed by atoms with van der Waals surface area (Å²) >= 11 is 3.55. The van der Waals surface area contributed by atoms with Gasteiger partial charge in [-0.15, -0.1) is 0 Å². The standard InChI is InChI=1S/C16H23BrN2O2/c1-19(2)16(5-3-4-6-16)10-18-9-12-7-13(17)15-14(8-12)20-11-21-15/h7-8,18H,3-6,9-11H2,1-2H3. The summed E-state index contributed by atoms with van der Waals surface area (Å²) in [7, 11) is 4.40. The van der Waals surface area contributed by atoms with Gasteiger partial charge in [0.05, 0.1) is 4.47 Å². The van der Waals surface area contributed by atoms with Crippen LogP contribution in [0.15, 0.2) is 16.6 Å². The minimum absolute atomic E-state index is 0.314. The first kappa shape index (κ1) is 15.1. The van der Waals surface area contributed by atoms with Gasteiger partial charge in [0.25, 0.3) is 0 Å². The fourth-order valence-electron chi connectivity index (χ4n) is 3.38. The SMILES string of the molecule is CN(C)C1(CNCc2cc(Br)c3c(c2)OCO3)CCCC1. The molecule has 1 aliphatic heterocycles. The highest BCUT2D eigenvalue weighted by molar-refractivity contribution is 9.10. The van der Waals surface area contributed by atoms with Gasteiger partial charge in [-0.3, -0.25) is 0 Å². The van der Waals surface area contributed by atoms with Crippen molar-refractivity contribution in [2.75, 3.05) is 27.4 Å². The molecule has 1 aromatic carbocycles. The third-order valence-corrected chi connectivity index (χ3v) is 5.34. The van der Waals surface area contributed by atoms with Crippen LogP contribution in [0.2, 0.25) is 0 Å². The highest BCUT2D eigenvalue weighted by Crippen LogP contribution is 2.40. The Morgan fingerprint density at radius 2 is 2.00 bits per heavy atom. The molecule has 1 fully saturated rings. The van der Waals surface area contributed by atoms with Crippen LogP contribution >= 0.6 is 15.9 Å². The molecule has 116 valence electrons. The van der Waals surface area contributed by atoms with Crippen molar-refractivity contribution in [3.05, 3.63) is 22.2 Å². The average Bonchev–Trinajstić information content (AvgIpc) is 3.08. The molecule has 1 heterocycles. The van der Waals surface area contributed by atoms with Crippen LogP contribution < -0.4 is 14.8 Å². The quantitative estimate of drug-likeness (QED) is 0.880. The zero-order valence-electron chi connectivity index (χ0n) is 12.7. The predicted molar refractivity (Wildman–Crippen MR) is 86.9 cm³/mol. The van der Waals surface area contributed by atoms with E-state index < -0.39 is 0 Å². The number of hydrogen-bond acceptors (Lipinski definition) is 4. The number of hydrogen-bond donors (Lipinski definition) is 1. The molecule has 3 rings (SSSR count). The Morgan fingerprint density at radius 1 is 1.24 bits per heavy atom. The first-order valence-electron chi connectivity index (χ1n) is 7.57. The molecule has 0 amide bonds. The van der Waals surface area contributed by atoms with Crippen molar-refractivity contribution in [3.8, 4) is 11.5 Å². The van der Waals surface area contributed by atoms with Crippen molar-refractivity contribution in [3.63, 3.8) is 0 Å². The molecule has 0 bridgehead atoms. The van der Waals surface area contributed by atoms with E-state index in [1.54, 1.807) is 0 Å². The first-order valence-corrected chi connectivity index (χ1v) is 8.36. The smallest absolute Gasteiger partial charge is 0.231 e. The third kappa shape index (κ3) is 3.05. The van der Waals surface area contributed by atoms with Gasteiger partial charge >= 0.3 is 0 Å². The lowest BCUT2D eigenvalue weighted by molar-refractivity contribution is 0.153. The van der Waals surface area contributed by atoms with Crippen LogP contribution in [-0.4, -0.2) is 37.9 Å². The molecule has 0 aromatic heterocycles. The van der Waals surface area contributed by atoms with Crippen LogP contribution in [0.1, 0.15) is 31.2 Å². The van der Waals surface area contributed by atoms with E-state index in [0.717, 1.165) is 29.1 Å². The Morgan fingerprint density at radius 3 is 2.71 bits per heavy atom. The second-order valence-corrected chi connectivity index (χ2v) is 7.10. The number of ether oxygens (including phenoxy) is 2. The molecule has 0 atom stereocenters. The average molecular weight is 355 g/mol. The normalized spacial score (nSPS) is 19.4. The number of nitrogens with zero attached hydrogens (tertiary/aromatic N) is 1. The van der Waals surface area contributed by atoms with E-state index in [1.165, 1.54) is 31.2 Å². The summed E-state index contributed by atoms with van der Waals surface area (Å²) < 4.78 is 11.9. The fraction of sp³-hybridized carbons (Fsp3) is 0.625. The molecule has 21 heavy (non-hydrogen) atoms. The Hall–Kier alpha value is -0.780. The Bertz CT molecular complexity index is 513. The van der Waals surface area contributed by atoms with E-state index in [9.17, 15) is 0 Å². The molecule has 2 aliphatic rings. The van der Waals surface area contributed by atoms with E-state index >= 15 is 0 Å². The number of nitrogens with one attached hydrogen (secondary N) is 1. The van der Waals surface area contributed by atoms with E-state index in [2.05, 4.69) is 52.4 Å². The van der Waals surface area contributed by atoms with Gasteiger partial charge in [-0.2, -0.15) is 0 Å². The second-order valence-electron chi connectivity index (χ2n) is 6.24. The lowest BCUT2D eigenvalue weighted by atomic mass is 9.96. The number of likely N-dealkylation sites (N-methyl/N-ethyl adjacent to an activating group) is 1. The lowest BCUT2D eigenvalue weighted by Crippen LogP contribution is -2.49. The van der Waals surface area contributed by atoms with Gasteiger partial charge in [0.1, 0.15) is 0 Å². The Kier molecular flexibility index (Phi) is 4.43. The van der Waals surface area contributed by atoms with Gasteiger partial charge in [-0.1, -0.05) is 12.8 Å². The second kappa shape index (κ2) is 6.15. The van der Waals surface area contributed by atoms with Gasteiger partial charge in [0.2, 0.25) is 6.79 Å². The maximum atomic E-state index is 5.47. The predicted octanol–water partition coefficient (Wildman–Crippen LogP) is 3.14. The Labute approximate surface area is 134 Å². The van der Waals surface area contributed by atoms with Gasteiger partial charge < -0.3 is 19.7 Å². The highest BCUT2D eigenvalue weighted by atomic mass is 79.9. The van der Waals surface area contributed by atoms with Gasteiger partial charge in [0.15, 0.2) is 11.5 Å². The first-order chi connectivity index (χ1) is 10.1. The highest BCUT2D eigenvalue weighted by Gasteiger charge is 2.35. The van der Waals surface area contributed by atoms with E-state index in [0.29, 0.717) is 12.3 Å². The van der Waals surface area contributed by atoms with E-state index in [-0.39, 0.29) is 0 Å². The molecule has 0 spiro atoms. The molecular weight excluding hydrogens is 332 g/mol. The molecular formula is C16H23BrN2O2. The molecule has 5 heteroatoms. The van der Waals surface area contributed by atoms with Gasteiger partial charge in [-0.25, -0.2) is 0 Å². The van der Waals surface area contributed by atoms with E-state index in [4.69, 9.17) is 9.47 Å². The van der Waals surface area contributed by atoms with Crippen LogP contribution in [0.3, 0.4) is 0 Å². The molecule has 0 saturated heterocycles. The maximum absolute atomic E-state index is 5.47. The van der Waals surface area contributed by atoms with Crippen molar-refractivity contribution in [1.29, 1.82) is 0 Å². The minimum Gasteiger partial charge on any atom is -0.454 e. The topological polar surface area (TPSA) is 33.7 Å². The molecule has 4 nitrogen and oxygen atoms in total. The summed E-state index contributed by atoms with van der Waals surface area (Å²) in [6.45, 7) is 2.20. The monoisotopic (exact) mass is 354 g/mol. The largest absolute Gasteiger partial charge is 0.454 e. The minimum atomic E-state index is 0.314. The zero-order valence-corrected chi connectivity index (χ0v) is 14.3. The molecule has 1 aliphatic carbocycles. The summed E-state index contributed by atoms with van der Waals surface area (Å²) in [4.78, 5) is 2.39. The van der Waals surface area contributed by atoms with Crippen LogP contribution in [0.25, 0.3) is 0 Å². The number of fused-ring (bicyclic) bond motifs is 1. The summed E-state index contributed by atoms with van der Waals surface area (Å²) in [6.07, 6.45) is 5.26. The van der Waals surface area contributed by atoms with Crippen LogP contribution in [0.5, 0.6) is 11.5 Å². The van der Waals surface area contributed by atoms with Gasteiger partial charge in [-0.05, 0) is 60.6 Å². The van der Waals surface area contributed by atoms with Crippen molar-refractivity contribution in [2.24, 2.45) is 0 Å². The van der Waals surface area contributed by atoms with Crippen molar-refractivity contribution in [2.45, 2.75) is 37.8 Å². The molecule has 1 saturated carbocycles. The number of benzene rings is 1. The van der Waals surface area contributed by atoms with Crippen LogP contribution in [0, 0.1) is 0 Å². The van der Waals surface area contributed by atoms with Gasteiger partial charge in [0, 0.05) is 18.6 Å². The molecule has 0 radical (unpaired) electrons. The van der Waals surface area contributed by atoms with Crippen LogP contribution in [-0.2, 0) is 6.54 Å². The van der Waals surface area contributed by atoms with Crippen molar-refractivity contribution in [1.82, 2.24) is 10.2 Å².